The van der Waals surface area contributed by atoms with Crippen LogP contribution in [0.25, 0.3) is 0 Å². The van der Waals surface area contributed by atoms with Gasteiger partial charge in [-0.25, -0.2) is 0 Å². The van der Waals surface area contributed by atoms with E-state index in [1.807, 2.05) is 6.08 Å². The summed E-state index contributed by atoms with van der Waals surface area (Å²) in [5.74, 6) is -0.0787. The molecule has 4 nitrogen and oxygen atoms in total. The van der Waals surface area contributed by atoms with E-state index in [9.17, 15) is 15.0 Å². The summed E-state index contributed by atoms with van der Waals surface area (Å²) in [6.45, 7) is 4.19. The second kappa shape index (κ2) is 55.6. The Hall–Kier alpha value is -2.69. The summed E-state index contributed by atoms with van der Waals surface area (Å²) in [5, 5.41) is 23.1. The first-order valence-corrected chi connectivity index (χ1v) is 28.0. The predicted molar refractivity (Wildman–Crippen MR) is 290 cm³/mol. The Kier molecular flexibility index (Phi) is 53.3. The van der Waals surface area contributed by atoms with Gasteiger partial charge in [0, 0.05) is 6.42 Å². The molecule has 0 saturated heterocycles. The molecule has 0 aliphatic heterocycles. The fourth-order valence-electron chi connectivity index (χ4n) is 8.06. The molecule has 0 spiro atoms. The molecule has 1 amide bonds. The zero-order valence-electron chi connectivity index (χ0n) is 43.0. The third-order valence-corrected chi connectivity index (χ3v) is 12.3. The number of hydrogen-bond donors (Lipinski definition) is 3. The van der Waals surface area contributed by atoms with Crippen molar-refractivity contribution in [2.24, 2.45) is 0 Å². The van der Waals surface area contributed by atoms with Crippen LogP contribution in [0.4, 0.5) is 0 Å². The van der Waals surface area contributed by atoms with Gasteiger partial charge >= 0.3 is 0 Å². The first-order valence-electron chi connectivity index (χ1n) is 28.0. The molecule has 0 rings (SSSR count). The molecular formula is C61H107NO3. The highest BCUT2D eigenvalue weighted by Crippen LogP contribution is 2.16. The lowest BCUT2D eigenvalue weighted by atomic mass is 10.0. The average Bonchev–Trinajstić information content (AvgIpc) is 3.31. The van der Waals surface area contributed by atoms with E-state index in [0.717, 1.165) is 70.6 Å². The molecule has 0 bridgehead atoms. The maximum absolute atomic E-state index is 12.5. The lowest BCUT2D eigenvalue weighted by Gasteiger charge is -2.19. The molecule has 0 radical (unpaired) electrons. The fourth-order valence-corrected chi connectivity index (χ4v) is 8.06. The average molecular weight is 903 g/mol. The minimum atomic E-state index is -0.874. The number of nitrogens with one attached hydrogen (secondary N) is 1. The third kappa shape index (κ3) is 52.1. The molecule has 0 aliphatic carbocycles. The summed E-state index contributed by atoms with van der Waals surface area (Å²) in [5.41, 5.74) is 0. The molecule has 4 heteroatoms. The molecule has 0 saturated carbocycles. The highest BCUT2D eigenvalue weighted by molar-refractivity contribution is 5.76. The Labute approximate surface area is 404 Å². The van der Waals surface area contributed by atoms with E-state index in [2.05, 4.69) is 104 Å². The number of carbonyl (C=O) groups excluding carboxylic acids is 1. The summed E-state index contributed by atoms with van der Waals surface area (Å²) in [7, 11) is 0. The van der Waals surface area contributed by atoms with Crippen LogP contribution in [0.5, 0.6) is 0 Å². The maximum Gasteiger partial charge on any atom is 0.220 e. The molecule has 0 aromatic heterocycles. The molecule has 0 aliphatic rings. The number of allylic oxidation sites excluding steroid dienone is 15. The second-order valence-corrected chi connectivity index (χ2v) is 18.6. The van der Waals surface area contributed by atoms with E-state index in [-0.39, 0.29) is 12.5 Å². The molecule has 3 N–H and O–H groups in total. The number of aliphatic hydroxyl groups is 2. The van der Waals surface area contributed by atoms with Crippen molar-refractivity contribution in [3.05, 3.63) is 97.2 Å². The number of carbonyl (C=O) groups is 1. The van der Waals surface area contributed by atoms with E-state index in [4.69, 9.17) is 0 Å². The van der Waals surface area contributed by atoms with Crippen LogP contribution in [-0.2, 0) is 4.79 Å². The van der Waals surface area contributed by atoms with E-state index < -0.39 is 12.1 Å². The SMILES string of the molecule is CC/C=C\C/C=C\C/C=C\C/C=C\C/C=C\CCCCCCCCCCCCCCCCCCCC(=O)NC(CO)C(O)/C=C/CC/C=C/CC/C=C/CCCCCCCCCCCC. The Morgan fingerprint density at radius 3 is 1.08 bits per heavy atom. The van der Waals surface area contributed by atoms with Crippen molar-refractivity contribution in [1.82, 2.24) is 5.32 Å². The van der Waals surface area contributed by atoms with Gasteiger partial charge in [-0.15, -0.1) is 0 Å². The minimum Gasteiger partial charge on any atom is -0.394 e. The van der Waals surface area contributed by atoms with Crippen molar-refractivity contribution in [1.29, 1.82) is 0 Å². The lowest BCUT2D eigenvalue weighted by molar-refractivity contribution is -0.123. The zero-order valence-corrected chi connectivity index (χ0v) is 43.0. The van der Waals surface area contributed by atoms with Crippen LogP contribution in [0.1, 0.15) is 264 Å². The van der Waals surface area contributed by atoms with Gasteiger partial charge < -0.3 is 15.5 Å². The summed E-state index contributed by atoms with van der Waals surface area (Å²) in [4.78, 5) is 12.5. The third-order valence-electron chi connectivity index (χ3n) is 12.3. The van der Waals surface area contributed by atoms with Gasteiger partial charge in [-0.1, -0.05) is 265 Å². The molecule has 65 heavy (non-hydrogen) atoms. The normalized spacial score (nSPS) is 13.6. The summed E-state index contributed by atoms with van der Waals surface area (Å²) >= 11 is 0. The largest absolute Gasteiger partial charge is 0.394 e. The van der Waals surface area contributed by atoms with Crippen LogP contribution in [-0.4, -0.2) is 34.9 Å². The number of rotatable bonds is 50. The monoisotopic (exact) mass is 902 g/mol. The van der Waals surface area contributed by atoms with Crippen molar-refractivity contribution in [3.63, 3.8) is 0 Å². The second-order valence-electron chi connectivity index (χ2n) is 18.6. The molecule has 0 aromatic carbocycles. The summed E-state index contributed by atoms with van der Waals surface area (Å²) < 4.78 is 0. The predicted octanol–water partition coefficient (Wildman–Crippen LogP) is 18.5. The topological polar surface area (TPSA) is 69.6 Å². The summed E-state index contributed by atoms with van der Waals surface area (Å²) in [6, 6.07) is -0.650. The van der Waals surface area contributed by atoms with Gasteiger partial charge in [0.15, 0.2) is 0 Å². The first-order chi connectivity index (χ1) is 32.2. The summed E-state index contributed by atoms with van der Waals surface area (Å²) in [6.07, 6.45) is 82.8. The highest BCUT2D eigenvalue weighted by Gasteiger charge is 2.17. The van der Waals surface area contributed by atoms with E-state index in [0.29, 0.717) is 6.42 Å². The first kappa shape index (κ1) is 62.3. The molecule has 374 valence electrons. The quantitative estimate of drug-likeness (QED) is 0.0421. The van der Waals surface area contributed by atoms with E-state index in [1.54, 1.807) is 6.08 Å². The van der Waals surface area contributed by atoms with Crippen molar-refractivity contribution >= 4 is 5.91 Å². The van der Waals surface area contributed by atoms with Crippen LogP contribution < -0.4 is 5.32 Å². The molecular weight excluding hydrogens is 795 g/mol. The molecule has 2 atom stereocenters. The van der Waals surface area contributed by atoms with Crippen molar-refractivity contribution in [3.8, 4) is 0 Å². The van der Waals surface area contributed by atoms with Gasteiger partial charge in [-0.3, -0.25) is 4.79 Å². The Balaban J connectivity index is 3.55. The molecule has 0 fully saturated rings. The molecule has 0 aromatic rings. The van der Waals surface area contributed by atoms with Crippen LogP contribution in [0.15, 0.2) is 97.2 Å². The van der Waals surface area contributed by atoms with Crippen molar-refractivity contribution in [2.75, 3.05) is 6.61 Å². The van der Waals surface area contributed by atoms with Gasteiger partial charge in [0.2, 0.25) is 5.91 Å². The van der Waals surface area contributed by atoms with Crippen molar-refractivity contribution in [2.45, 2.75) is 276 Å². The lowest BCUT2D eigenvalue weighted by Crippen LogP contribution is -2.45. The van der Waals surface area contributed by atoms with Crippen LogP contribution in [0.2, 0.25) is 0 Å². The van der Waals surface area contributed by atoms with Crippen LogP contribution in [0, 0.1) is 0 Å². The van der Waals surface area contributed by atoms with Crippen LogP contribution in [0.3, 0.4) is 0 Å². The number of amides is 1. The van der Waals surface area contributed by atoms with Crippen molar-refractivity contribution < 1.29 is 15.0 Å². The van der Waals surface area contributed by atoms with Gasteiger partial charge in [0.25, 0.3) is 0 Å². The van der Waals surface area contributed by atoms with Crippen LogP contribution >= 0.6 is 0 Å². The van der Waals surface area contributed by atoms with E-state index >= 15 is 0 Å². The fraction of sp³-hybridized carbons (Fsp3) is 0.721. The molecule has 0 heterocycles. The van der Waals surface area contributed by atoms with Gasteiger partial charge in [-0.05, 0) is 89.9 Å². The van der Waals surface area contributed by atoms with Gasteiger partial charge in [-0.2, -0.15) is 0 Å². The maximum atomic E-state index is 12.5. The minimum absolute atomic E-state index is 0.0787. The number of unbranched alkanes of at least 4 members (excludes halogenated alkanes) is 29. The van der Waals surface area contributed by atoms with Gasteiger partial charge in [0.1, 0.15) is 0 Å². The molecule has 2 unspecified atom stereocenters. The number of hydrogen-bond acceptors (Lipinski definition) is 3. The standard InChI is InChI=1S/C61H107NO3/c1-3-5-7-9-11-13-15-17-19-21-23-25-26-27-28-29-30-31-32-33-34-35-36-37-39-41-43-45-47-49-51-53-55-57-61(65)62-59(58-63)60(64)56-54-52-50-48-46-44-42-40-38-24-22-20-18-16-14-12-10-8-6-4-2/h5,7,11,13,17,19,23,25,27-28,38,40,46,48,54,56,59-60,63-64H,3-4,6,8-10,12,14-16,18,20-22,24,26,29-37,39,41-45,47,49-53,55,57-58H2,1-2H3,(H,62,65)/b7-5-,13-11-,19-17-,25-23-,28-27-,40-38+,48-46+,56-54+. The number of aliphatic hydroxyl groups excluding tert-OH is 2. The Morgan fingerprint density at radius 2 is 0.692 bits per heavy atom. The van der Waals surface area contributed by atoms with Gasteiger partial charge in [0.05, 0.1) is 18.8 Å². The smallest absolute Gasteiger partial charge is 0.220 e. The van der Waals surface area contributed by atoms with E-state index in [1.165, 1.54) is 173 Å². The Bertz CT molecular complexity index is 1210. The highest BCUT2D eigenvalue weighted by atomic mass is 16.3. The Morgan fingerprint density at radius 1 is 0.385 bits per heavy atom. The zero-order chi connectivity index (χ0) is 47.0.